The normalized spacial score (nSPS) is 27.3. The Bertz CT molecular complexity index is 1070. The predicted molar refractivity (Wildman–Crippen MR) is 130 cm³/mol. The summed E-state index contributed by atoms with van der Waals surface area (Å²) in [5.41, 5.74) is -0.402. The first-order valence-electron chi connectivity index (χ1n) is 12.7. The minimum atomic E-state index is -4.55. The van der Waals surface area contributed by atoms with Gasteiger partial charge in [-0.15, -0.1) is 0 Å². The van der Waals surface area contributed by atoms with Gasteiger partial charge in [-0.2, -0.15) is 13.2 Å². The molecule has 2 aromatic carbocycles. The fourth-order valence-corrected chi connectivity index (χ4v) is 5.84. The fourth-order valence-electron chi connectivity index (χ4n) is 5.84. The number of nitrogens with one attached hydrogen (secondary N) is 1. The zero-order chi connectivity index (χ0) is 25.5. The van der Waals surface area contributed by atoms with Crippen LogP contribution in [0.1, 0.15) is 83.4 Å². The Labute approximate surface area is 205 Å². The number of halogens is 3. The lowest BCUT2D eigenvalue weighted by Gasteiger charge is -2.51. The third-order valence-corrected chi connectivity index (χ3v) is 8.47. The van der Waals surface area contributed by atoms with Crippen LogP contribution in [0.5, 0.6) is 5.75 Å². The summed E-state index contributed by atoms with van der Waals surface area (Å²) in [5.74, 6) is -0.687. The lowest BCUT2D eigenvalue weighted by atomic mass is 9.58. The highest BCUT2D eigenvalue weighted by Crippen LogP contribution is 2.47. The minimum absolute atomic E-state index is 0.0238. The van der Waals surface area contributed by atoms with Gasteiger partial charge in [-0.1, -0.05) is 45.4 Å². The summed E-state index contributed by atoms with van der Waals surface area (Å²) in [7, 11) is 0. The molecule has 3 atom stereocenters. The van der Waals surface area contributed by atoms with Gasteiger partial charge >= 0.3 is 12.1 Å². The van der Waals surface area contributed by atoms with Gasteiger partial charge in [0.05, 0.1) is 12.0 Å². The Morgan fingerprint density at radius 3 is 2.40 bits per heavy atom. The van der Waals surface area contributed by atoms with Crippen LogP contribution in [0.2, 0.25) is 0 Å². The second kappa shape index (κ2) is 9.64. The number of alkyl halides is 3. The van der Waals surface area contributed by atoms with Crippen molar-refractivity contribution < 1.29 is 27.8 Å². The van der Waals surface area contributed by atoms with Crippen molar-refractivity contribution in [2.75, 3.05) is 0 Å². The van der Waals surface area contributed by atoms with Crippen LogP contribution in [0.3, 0.4) is 0 Å². The number of fused-ring (bicyclic) bond motifs is 1. The van der Waals surface area contributed by atoms with Gasteiger partial charge in [0.25, 0.3) is 0 Å². The Hall–Kier alpha value is -2.28. The van der Waals surface area contributed by atoms with E-state index in [9.17, 15) is 23.1 Å². The third kappa shape index (κ3) is 5.16. The highest BCUT2D eigenvalue weighted by Gasteiger charge is 2.52. The summed E-state index contributed by atoms with van der Waals surface area (Å²) < 4.78 is 49.0. The Kier molecular flexibility index (Phi) is 7.11. The number of hydrogen-bond donors (Lipinski definition) is 2. The van der Waals surface area contributed by atoms with Crippen LogP contribution in [-0.4, -0.2) is 23.2 Å². The highest BCUT2D eigenvalue weighted by molar-refractivity contribution is 5.89. The summed E-state index contributed by atoms with van der Waals surface area (Å²) in [6.45, 7) is 7.89. The number of hydrogen-bond acceptors (Lipinski definition) is 3. The van der Waals surface area contributed by atoms with Crippen LogP contribution in [0.25, 0.3) is 10.8 Å². The van der Waals surface area contributed by atoms with Gasteiger partial charge in [0.2, 0.25) is 0 Å². The molecular formula is C28H36F3NO3. The van der Waals surface area contributed by atoms with E-state index >= 15 is 0 Å². The SMILES string of the molecule is CC[C@H]1CC[C@@H](Oc2ccc3ccc([C@@H](C)N[C@@H]4C[C@@H](C(=O)O)C4(C)C)cc3c2C(F)(F)F)CC1. The number of carboxylic acids is 1. The van der Waals surface area contributed by atoms with Crippen molar-refractivity contribution in [3.05, 3.63) is 41.5 Å². The zero-order valence-corrected chi connectivity index (χ0v) is 20.9. The molecule has 0 bridgehead atoms. The van der Waals surface area contributed by atoms with Gasteiger partial charge in [0, 0.05) is 12.1 Å². The molecule has 2 aliphatic rings. The molecule has 4 nitrogen and oxygen atoms in total. The van der Waals surface area contributed by atoms with Gasteiger partial charge in [-0.05, 0) is 78.8 Å². The number of carboxylic acid groups (broad SMARTS) is 1. The molecule has 2 fully saturated rings. The lowest BCUT2D eigenvalue weighted by molar-refractivity contribution is -0.155. The summed E-state index contributed by atoms with van der Waals surface area (Å²) in [4.78, 5) is 11.4. The van der Waals surface area contributed by atoms with Crippen molar-refractivity contribution in [2.24, 2.45) is 17.3 Å². The van der Waals surface area contributed by atoms with E-state index in [4.69, 9.17) is 4.74 Å². The maximum atomic E-state index is 14.3. The predicted octanol–water partition coefficient (Wildman–Crippen LogP) is 7.36. The van der Waals surface area contributed by atoms with E-state index in [1.54, 1.807) is 18.2 Å². The summed E-state index contributed by atoms with van der Waals surface area (Å²) >= 11 is 0. The van der Waals surface area contributed by atoms with E-state index in [0.29, 0.717) is 17.7 Å². The first kappa shape index (κ1) is 25.8. The molecule has 0 aliphatic heterocycles. The molecule has 2 aliphatic carbocycles. The largest absolute Gasteiger partial charge is 0.490 e. The van der Waals surface area contributed by atoms with E-state index in [0.717, 1.165) is 37.7 Å². The molecule has 0 radical (unpaired) electrons. The van der Waals surface area contributed by atoms with E-state index in [1.165, 1.54) is 6.07 Å². The summed E-state index contributed by atoms with van der Waals surface area (Å²) in [5, 5.41) is 13.5. The Morgan fingerprint density at radius 1 is 1.17 bits per heavy atom. The van der Waals surface area contributed by atoms with Crippen LogP contribution < -0.4 is 10.1 Å². The molecule has 0 aromatic heterocycles. The molecular weight excluding hydrogens is 455 g/mol. The van der Waals surface area contributed by atoms with Gasteiger partial charge in [-0.25, -0.2) is 0 Å². The molecule has 2 saturated carbocycles. The zero-order valence-electron chi connectivity index (χ0n) is 20.9. The first-order valence-corrected chi connectivity index (χ1v) is 12.7. The van der Waals surface area contributed by atoms with Crippen LogP contribution in [0.4, 0.5) is 13.2 Å². The molecule has 0 unspecified atom stereocenters. The second-order valence-corrected chi connectivity index (χ2v) is 11.0. The van der Waals surface area contributed by atoms with Crippen molar-refractivity contribution in [1.29, 1.82) is 0 Å². The highest BCUT2D eigenvalue weighted by atomic mass is 19.4. The summed E-state index contributed by atoms with van der Waals surface area (Å²) in [6, 6.07) is 8.08. The van der Waals surface area contributed by atoms with Gasteiger partial charge in [0.15, 0.2) is 0 Å². The van der Waals surface area contributed by atoms with Crippen LogP contribution in [0.15, 0.2) is 30.3 Å². The minimum Gasteiger partial charge on any atom is -0.490 e. The quantitative estimate of drug-likeness (QED) is 0.425. The molecule has 7 heteroatoms. The molecule has 0 saturated heterocycles. The Morgan fingerprint density at radius 2 is 1.83 bits per heavy atom. The van der Waals surface area contributed by atoms with E-state index in [-0.39, 0.29) is 29.3 Å². The third-order valence-electron chi connectivity index (χ3n) is 8.47. The monoisotopic (exact) mass is 491 g/mol. The lowest BCUT2D eigenvalue weighted by Crippen LogP contribution is -2.59. The number of aliphatic carboxylic acids is 1. The van der Waals surface area contributed by atoms with Crippen molar-refractivity contribution in [3.63, 3.8) is 0 Å². The molecule has 4 rings (SSSR count). The van der Waals surface area contributed by atoms with Gasteiger partial charge in [0.1, 0.15) is 11.3 Å². The summed E-state index contributed by atoms with van der Waals surface area (Å²) in [6.07, 6.45) is 0.408. The topological polar surface area (TPSA) is 58.6 Å². The van der Waals surface area contributed by atoms with Crippen LogP contribution in [-0.2, 0) is 11.0 Å². The molecule has 2 N–H and O–H groups in total. The average Bonchev–Trinajstić information content (AvgIpc) is 2.80. The maximum Gasteiger partial charge on any atom is 0.420 e. The first-order chi connectivity index (χ1) is 16.4. The molecule has 2 aromatic rings. The average molecular weight is 492 g/mol. The molecule has 0 amide bonds. The van der Waals surface area contributed by atoms with E-state index in [2.05, 4.69) is 12.2 Å². The smallest absolute Gasteiger partial charge is 0.420 e. The number of ether oxygens (including phenoxy) is 1. The van der Waals surface area contributed by atoms with Gasteiger partial charge in [-0.3, -0.25) is 4.79 Å². The fraction of sp³-hybridized carbons (Fsp3) is 0.607. The van der Waals surface area contributed by atoms with Crippen LogP contribution in [0, 0.1) is 17.3 Å². The number of rotatable bonds is 7. The Balaban J connectivity index is 1.60. The standard InChI is InChI=1S/C28H36F3NO3/c1-5-17-6-11-20(12-7-17)35-23-13-10-18-8-9-19(14-21(18)25(23)28(29,30)31)16(2)32-24-15-22(26(33)34)27(24,3)4/h8-10,13-14,16-17,20,22,24,32H,5-7,11-12,15H2,1-4H3,(H,33,34)/t16-,17-,20+,22+,24-/m1/s1. The second-order valence-electron chi connectivity index (χ2n) is 11.0. The van der Waals surface area contributed by atoms with Crippen molar-refractivity contribution >= 4 is 16.7 Å². The van der Waals surface area contributed by atoms with Crippen LogP contribution >= 0.6 is 0 Å². The van der Waals surface area contributed by atoms with Crippen molar-refractivity contribution in [3.8, 4) is 5.75 Å². The number of carbonyl (C=O) groups is 1. The number of benzene rings is 2. The van der Waals surface area contributed by atoms with E-state index in [1.807, 2.05) is 26.8 Å². The molecule has 0 spiro atoms. The van der Waals surface area contributed by atoms with E-state index < -0.39 is 29.0 Å². The maximum absolute atomic E-state index is 14.3. The van der Waals surface area contributed by atoms with Gasteiger partial charge < -0.3 is 15.2 Å². The molecule has 0 heterocycles. The van der Waals surface area contributed by atoms with Crippen molar-refractivity contribution in [2.45, 2.75) is 90.6 Å². The molecule has 192 valence electrons. The van der Waals surface area contributed by atoms with Crippen molar-refractivity contribution in [1.82, 2.24) is 5.32 Å². The molecule has 35 heavy (non-hydrogen) atoms.